The van der Waals surface area contributed by atoms with E-state index in [1.54, 1.807) is 30.9 Å². The van der Waals surface area contributed by atoms with Crippen molar-refractivity contribution in [2.75, 3.05) is 11.4 Å². The number of carbonyl (C=O) groups is 1. The molecule has 0 saturated carbocycles. The average Bonchev–Trinajstić information content (AvgIpc) is 3.51. The number of carbonyl (C=O) groups excluding carboxylic acids is 1. The van der Waals surface area contributed by atoms with Crippen LogP contribution in [-0.2, 0) is 6.42 Å². The van der Waals surface area contributed by atoms with Crippen LogP contribution in [0.3, 0.4) is 0 Å². The number of aromatic nitrogens is 6. The summed E-state index contributed by atoms with van der Waals surface area (Å²) in [6.07, 6.45) is 7.67. The second kappa shape index (κ2) is 7.67. The molecule has 1 aliphatic rings. The average molecular weight is 435 g/mol. The second-order valence-corrected chi connectivity index (χ2v) is 8.17. The minimum absolute atomic E-state index is 0.0947. The van der Waals surface area contributed by atoms with E-state index in [1.807, 2.05) is 35.0 Å². The second-order valence-electron chi connectivity index (χ2n) is 8.17. The van der Waals surface area contributed by atoms with Crippen LogP contribution in [0.15, 0.2) is 73.4 Å². The maximum absolute atomic E-state index is 12.8. The number of hydrogen-bond acceptors (Lipinski definition) is 6. The Bertz CT molecular complexity index is 1450. The van der Waals surface area contributed by atoms with Gasteiger partial charge in [-0.1, -0.05) is 36.4 Å². The first kappa shape index (κ1) is 19.4. The van der Waals surface area contributed by atoms with Crippen molar-refractivity contribution in [2.45, 2.75) is 19.4 Å². The molecule has 0 fully saturated rings. The van der Waals surface area contributed by atoms with Crippen LogP contribution < -0.4 is 4.90 Å². The maximum Gasteiger partial charge on any atom is 0.226 e. The molecule has 0 radical (unpaired) electrons. The van der Waals surface area contributed by atoms with Crippen molar-refractivity contribution in [3.05, 3.63) is 107 Å². The van der Waals surface area contributed by atoms with E-state index in [9.17, 15) is 4.79 Å². The molecular weight excluding hydrogens is 414 g/mol. The van der Waals surface area contributed by atoms with Crippen molar-refractivity contribution in [1.29, 1.82) is 0 Å². The van der Waals surface area contributed by atoms with Gasteiger partial charge in [0.2, 0.25) is 5.95 Å². The number of imidazole rings is 1. The fraction of sp³-hybridized carbons (Fsp3) is 0.160. The molecule has 1 atom stereocenters. The molecule has 8 nitrogen and oxygen atoms in total. The quantitative estimate of drug-likeness (QED) is 0.434. The highest BCUT2D eigenvalue weighted by Crippen LogP contribution is 2.35. The molecule has 8 heteroatoms. The Morgan fingerprint density at radius 1 is 1.03 bits per heavy atom. The number of rotatable bonds is 4. The van der Waals surface area contributed by atoms with Gasteiger partial charge in [-0.05, 0) is 24.6 Å². The summed E-state index contributed by atoms with van der Waals surface area (Å²) in [5.74, 6) is 0.454. The van der Waals surface area contributed by atoms with Gasteiger partial charge in [-0.2, -0.15) is 5.10 Å². The topological polar surface area (TPSA) is 92.1 Å². The summed E-state index contributed by atoms with van der Waals surface area (Å²) >= 11 is 0. The van der Waals surface area contributed by atoms with Crippen LogP contribution in [0.4, 0.5) is 5.95 Å². The van der Waals surface area contributed by atoms with Crippen LogP contribution in [0, 0.1) is 6.92 Å². The number of H-pyrrole nitrogens is 1. The van der Waals surface area contributed by atoms with Crippen LogP contribution in [0.2, 0.25) is 0 Å². The van der Waals surface area contributed by atoms with Gasteiger partial charge in [-0.15, -0.1) is 0 Å². The molecule has 0 aliphatic carbocycles. The van der Waals surface area contributed by atoms with Gasteiger partial charge in [0, 0.05) is 42.8 Å². The zero-order valence-electron chi connectivity index (χ0n) is 18.0. The Morgan fingerprint density at radius 2 is 1.85 bits per heavy atom. The zero-order chi connectivity index (χ0) is 22.4. The van der Waals surface area contributed by atoms with Gasteiger partial charge in [0.05, 0.1) is 28.8 Å². The number of fused-ring (bicyclic) bond motifs is 2. The summed E-state index contributed by atoms with van der Waals surface area (Å²) in [4.78, 5) is 31.9. The number of aryl methyl sites for hydroxylation is 1. The molecule has 0 bridgehead atoms. The van der Waals surface area contributed by atoms with E-state index in [1.165, 1.54) is 0 Å². The Labute approximate surface area is 190 Å². The number of nitrogens with one attached hydrogen (secondary N) is 1. The maximum atomic E-state index is 12.8. The molecule has 1 aliphatic heterocycles. The molecule has 162 valence electrons. The molecule has 0 unspecified atom stereocenters. The van der Waals surface area contributed by atoms with Crippen LogP contribution in [0.25, 0.3) is 5.52 Å². The standard InChI is InChI=1S/C25H21N7O/c1-16-6-5-10-32-21(16)12-20(30-32)23-22-19(28-15-29-22)9-11-31(23)25-26-13-18(14-27-25)24(33)17-7-3-2-4-8-17/h2-8,10,12-15,23H,9,11H2,1H3,(H,28,29)/t23-/m1/s1. The summed E-state index contributed by atoms with van der Waals surface area (Å²) in [7, 11) is 0. The van der Waals surface area contributed by atoms with Gasteiger partial charge in [-0.25, -0.2) is 19.5 Å². The monoisotopic (exact) mass is 435 g/mol. The lowest BCUT2D eigenvalue weighted by atomic mass is 10.00. The highest BCUT2D eigenvalue weighted by atomic mass is 16.1. The fourth-order valence-corrected chi connectivity index (χ4v) is 4.44. The van der Waals surface area contributed by atoms with Crippen molar-refractivity contribution < 1.29 is 4.79 Å². The van der Waals surface area contributed by atoms with Crippen LogP contribution in [0.5, 0.6) is 0 Å². The lowest BCUT2D eigenvalue weighted by Crippen LogP contribution is -2.37. The number of aromatic amines is 1. The minimum atomic E-state index is -0.227. The predicted molar refractivity (Wildman–Crippen MR) is 123 cm³/mol. The molecule has 33 heavy (non-hydrogen) atoms. The third-order valence-corrected chi connectivity index (χ3v) is 6.13. The molecule has 1 aromatic carbocycles. The third-order valence-electron chi connectivity index (χ3n) is 6.13. The number of benzene rings is 1. The highest BCUT2D eigenvalue weighted by Gasteiger charge is 2.34. The number of anilines is 1. The molecule has 5 heterocycles. The molecular formula is C25H21N7O. The third kappa shape index (κ3) is 3.27. The van der Waals surface area contributed by atoms with Crippen molar-refractivity contribution >= 4 is 17.2 Å². The highest BCUT2D eigenvalue weighted by molar-refractivity contribution is 6.08. The molecule has 0 spiro atoms. The number of nitrogens with zero attached hydrogens (tertiary/aromatic N) is 6. The van der Waals surface area contributed by atoms with Crippen molar-refractivity contribution in [3.63, 3.8) is 0 Å². The minimum Gasteiger partial charge on any atom is -0.348 e. The van der Waals surface area contributed by atoms with Crippen LogP contribution in [-0.4, -0.2) is 41.9 Å². The van der Waals surface area contributed by atoms with Crippen molar-refractivity contribution in [3.8, 4) is 0 Å². The van der Waals surface area contributed by atoms with E-state index >= 15 is 0 Å². The van der Waals surface area contributed by atoms with Gasteiger partial charge in [-0.3, -0.25) is 4.79 Å². The normalized spacial score (nSPS) is 15.5. The lowest BCUT2D eigenvalue weighted by molar-refractivity contribution is 0.103. The summed E-state index contributed by atoms with van der Waals surface area (Å²) in [5, 5.41) is 4.85. The van der Waals surface area contributed by atoms with Gasteiger partial charge in [0.1, 0.15) is 6.04 Å². The van der Waals surface area contributed by atoms with E-state index < -0.39 is 0 Å². The first-order chi connectivity index (χ1) is 16.2. The molecule has 0 amide bonds. The van der Waals surface area contributed by atoms with Crippen molar-refractivity contribution in [1.82, 2.24) is 29.5 Å². The molecule has 5 aromatic rings. The smallest absolute Gasteiger partial charge is 0.226 e. The molecule has 0 saturated heterocycles. The number of hydrogen-bond donors (Lipinski definition) is 1. The number of ketones is 1. The largest absolute Gasteiger partial charge is 0.348 e. The zero-order valence-corrected chi connectivity index (χ0v) is 18.0. The Morgan fingerprint density at radius 3 is 2.64 bits per heavy atom. The lowest BCUT2D eigenvalue weighted by Gasteiger charge is -2.33. The van der Waals surface area contributed by atoms with E-state index in [2.05, 4.69) is 43.9 Å². The van der Waals surface area contributed by atoms with Crippen LogP contribution >= 0.6 is 0 Å². The van der Waals surface area contributed by atoms with Gasteiger partial charge in [0.25, 0.3) is 0 Å². The van der Waals surface area contributed by atoms with Crippen LogP contribution in [0.1, 0.15) is 44.6 Å². The van der Waals surface area contributed by atoms with Crippen molar-refractivity contribution in [2.24, 2.45) is 0 Å². The van der Waals surface area contributed by atoms with Gasteiger partial charge >= 0.3 is 0 Å². The van der Waals surface area contributed by atoms with E-state index in [4.69, 9.17) is 5.10 Å². The summed E-state index contributed by atoms with van der Waals surface area (Å²) in [6, 6.07) is 15.1. The molecule has 4 aromatic heterocycles. The fourth-order valence-electron chi connectivity index (χ4n) is 4.44. The molecule has 6 rings (SSSR count). The predicted octanol–water partition coefficient (Wildman–Crippen LogP) is 3.54. The van der Waals surface area contributed by atoms with E-state index in [0.717, 1.165) is 34.6 Å². The summed E-state index contributed by atoms with van der Waals surface area (Å²) < 4.78 is 1.90. The summed E-state index contributed by atoms with van der Waals surface area (Å²) in [5.41, 5.74) is 6.19. The first-order valence-electron chi connectivity index (χ1n) is 10.8. The van der Waals surface area contributed by atoms with E-state index in [0.29, 0.717) is 23.6 Å². The summed E-state index contributed by atoms with van der Waals surface area (Å²) in [6.45, 7) is 2.78. The van der Waals surface area contributed by atoms with Gasteiger partial charge in [0.15, 0.2) is 5.78 Å². The first-order valence-corrected chi connectivity index (χ1v) is 10.8. The van der Waals surface area contributed by atoms with Gasteiger partial charge < -0.3 is 9.88 Å². The Kier molecular flexibility index (Phi) is 4.50. The number of pyridine rings is 1. The Hall–Kier alpha value is -4.33. The Balaban J connectivity index is 1.39. The molecule has 1 N–H and O–H groups in total. The van der Waals surface area contributed by atoms with E-state index in [-0.39, 0.29) is 11.8 Å². The SMILES string of the molecule is Cc1cccn2nc([C@@H]3c4nc[nH]c4CCN3c3ncc(C(=O)c4ccccc4)cn3)cc12.